The van der Waals surface area contributed by atoms with Gasteiger partial charge in [-0.2, -0.15) is 0 Å². The van der Waals surface area contributed by atoms with E-state index in [4.69, 9.17) is 9.72 Å². The zero-order valence-electron chi connectivity index (χ0n) is 16.2. The van der Waals surface area contributed by atoms with E-state index < -0.39 is 0 Å². The molecule has 0 amide bonds. The van der Waals surface area contributed by atoms with Crippen molar-refractivity contribution in [1.82, 2.24) is 29.8 Å². The second-order valence-electron chi connectivity index (χ2n) is 7.18. The molecular formula is C21H22N6OS. The van der Waals surface area contributed by atoms with Gasteiger partial charge in [-0.1, -0.05) is 36.7 Å². The van der Waals surface area contributed by atoms with Crippen LogP contribution in [-0.2, 0) is 5.75 Å². The SMILES string of the molecule is COc1ccc(-n2c(CSc3nnnn3C3CCCC3)nc3ccccc32)cc1. The number of aromatic nitrogens is 6. The number of nitrogens with zero attached hydrogens (tertiary/aromatic N) is 6. The van der Waals surface area contributed by atoms with Crippen molar-refractivity contribution in [2.45, 2.75) is 42.6 Å². The van der Waals surface area contributed by atoms with Crippen LogP contribution in [0.4, 0.5) is 0 Å². The molecule has 1 aliphatic rings. The summed E-state index contributed by atoms with van der Waals surface area (Å²) in [7, 11) is 1.68. The fraction of sp³-hybridized carbons (Fsp3) is 0.333. The zero-order chi connectivity index (χ0) is 19.6. The molecule has 4 aromatic rings. The Bertz CT molecular complexity index is 1110. The van der Waals surface area contributed by atoms with Gasteiger partial charge in [0.15, 0.2) is 0 Å². The maximum Gasteiger partial charge on any atom is 0.210 e. The number of hydrogen-bond acceptors (Lipinski definition) is 6. The van der Waals surface area contributed by atoms with Gasteiger partial charge in [0.2, 0.25) is 5.16 Å². The monoisotopic (exact) mass is 406 g/mol. The van der Waals surface area contributed by atoms with E-state index in [9.17, 15) is 0 Å². The number of imidazole rings is 1. The van der Waals surface area contributed by atoms with E-state index in [2.05, 4.69) is 38.3 Å². The third kappa shape index (κ3) is 3.48. The Morgan fingerprint density at radius 1 is 1.07 bits per heavy atom. The molecule has 29 heavy (non-hydrogen) atoms. The van der Waals surface area contributed by atoms with Crippen LogP contribution < -0.4 is 4.74 Å². The number of ether oxygens (including phenoxy) is 1. The van der Waals surface area contributed by atoms with Crippen molar-refractivity contribution in [2.24, 2.45) is 0 Å². The van der Waals surface area contributed by atoms with E-state index in [-0.39, 0.29) is 0 Å². The Morgan fingerprint density at radius 3 is 2.66 bits per heavy atom. The first-order valence-corrected chi connectivity index (χ1v) is 10.8. The molecule has 0 unspecified atom stereocenters. The molecule has 0 N–H and O–H groups in total. The highest BCUT2D eigenvalue weighted by molar-refractivity contribution is 7.98. The quantitative estimate of drug-likeness (QED) is 0.441. The lowest BCUT2D eigenvalue weighted by molar-refractivity contribution is 0.414. The van der Waals surface area contributed by atoms with Crippen LogP contribution in [-0.4, -0.2) is 36.9 Å². The molecule has 5 rings (SSSR count). The highest BCUT2D eigenvalue weighted by Crippen LogP contribution is 2.33. The molecular weight excluding hydrogens is 384 g/mol. The highest BCUT2D eigenvalue weighted by atomic mass is 32.2. The minimum atomic E-state index is 0.424. The molecule has 0 bridgehead atoms. The molecule has 0 saturated heterocycles. The first kappa shape index (κ1) is 18.2. The molecule has 0 aliphatic heterocycles. The predicted molar refractivity (Wildman–Crippen MR) is 113 cm³/mol. The summed E-state index contributed by atoms with van der Waals surface area (Å²) >= 11 is 1.64. The number of tetrazole rings is 1. The molecule has 0 radical (unpaired) electrons. The maximum atomic E-state index is 5.31. The molecule has 1 aliphatic carbocycles. The Hall–Kier alpha value is -2.87. The first-order chi connectivity index (χ1) is 14.3. The van der Waals surface area contributed by atoms with Gasteiger partial charge in [0.05, 0.1) is 29.9 Å². The highest BCUT2D eigenvalue weighted by Gasteiger charge is 2.22. The minimum Gasteiger partial charge on any atom is -0.497 e. The van der Waals surface area contributed by atoms with Crippen LogP contribution in [0.15, 0.2) is 53.7 Å². The van der Waals surface area contributed by atoms with Crippen LogP contribution in [0, 0.1) is 0 Å². The van der Waals surface area contributed by atoms with Crippen molar-refractivity contribution in [3.05, 3.63) is 54.4 Å². The van der Waals surface area contributed by atoms with Gasteiger partial charge >= 0.3 is 0 Å². The van der Waals surface area contributed by atoms with Gasteiger partial charge < -0.3 is 4.74 Å². The van der Waals surface area contributed by atoms with Gasteiger partial charge in [-0.15, -0.1) is 5.10 Å². The maximum absolute atomic E-state index is 5.31. The van der Waals surface area contributed by atoms with E-state index in [1.807, 2.05) is 35.0 Å². The summed E-state index contributed by atoms with van der Waals surface area (Å²) < 4.78 is 9.51. The minimum absolute atomic E-state index is 0.424. The van der Waals surface area contributed by atoms with E-state index in [1.54, 1.807) is 18.9 Å². The lowest BCUT2D eigenvalue weighted by atomic mass is 10.2. The Balaban J connectivity index is 1.48. The molecule has 1 saturated carbocycles. The van der Waals surface area contributed by atoms with Gasteiger partial charge in [0.1, 0.15) is 11.6 Å². The lowest BCUT2D eigenvalue weighted by Gasteiger charge is -2.12. The van der Waals surface area contributed by atoms with Crippen LogP contribution in [0.1, 0.15) is 37.5 Å². The third-order valence-corrected chi connectivity index (χ3v) is 6.35. The Morgan fingerprint density at radius 2 is 1.86 bits per heavy atom. The van der Waals surface area contributed by atoms with Crippen LogP contribution in [0.25, 0.3) is 16.7 Å². The summed E-state index contributed by atoms with van der Waals surface area (Å²) in [5.74, 6) is 2.50. The van der Waals surface area contributed by atoms with Crippen molar-refractivity contribution in [3.8, 4) is 11.4 Å². The van der Waals surface area contributed by atoms with Gasteiger partial charge in [-0.25, -0.2) is 9.67 Å². The van der Waals surface area contributed by atoms with Crippen LogP contribution in [0.3, 0.4) is 0 Å². The van der Waals surface area contributed by atoms with Crippen molar-refractivity contribution >= 4 is 22.8 Å². The number of thioether (sulfide) groups is 1. The summed E-state index contributed by atoms with van der Waals surface area (Å²) in [5.41, 5.74) is 3.13. The average Bonchev–Trinajstić information content (AvgIpc) is 3.51. The smallest absolute Gasteiger partial charge is 0.210 e. The summed E-state index contributed by atoms with van der Waals surface area (Å²) in [6.45, 7) is 0. The van der Waals surface area contributed by atoms with Crippen LogP contribution in [0.2, 0.25) is 0 Å². The van der Waals surface area contributed by atoms with E-state index in [0.717, 1.165) is 46.3 Å². The fourth-order valence-electron chi connectivity index (χ4n) is 3.98. The molecule has 2 aromatic heterocycles. The fourth-order valence-corrected chi connectivity index (χ4v) is 4.84. The Kier molecular flexibility index (Phi) is 4.93. The average molecular weight is 407 g/mol. The molecule has 2 aromatic carbocycles. The normalized spacial score (nSPS) is 14.7. The van der Waals surface area contributed by atoms with E-state index >= 15 is 0 Å². The molecule has 0 atom stereocenters. The first-order valence-electron chi connectivity index (χ1n) is 9.85. The third-order valence-electron chi connectivity index (χ3n) is 5.42. The second kappa shape index (κ2) is 7.87. The van der Waals surface area contributed by atoms with Crippen molar-refractivity contribution in [3.63, 3.8) is 0 Å². The van der Waals surface area contributed by atoms with E-state index in [0.29, 0.717) is 11.8 Å². The predicted octanol–water partition coefficient (Wildman–Crippen LogP) is 4.43. The lowest BCUT2D eigenvalue weighted by Crippen LogP contribution is -2.08. The largest absolute Gasteiger partial charge is 0.497 e. The molecule has 7 nitrogen and oxygen atoms in total. The second-order valence-corrected chi connectivity index (χ2v) is 8.13. The molecule has 0 spiro atoms. The standard InChI is InChI=1S/C21H22N6OS/c1-28-17-12-10-15(11-13-17)26-19-9-5-4-8-18(19)22-20(26)14-29-21-23-24-25-27(21)16-6-2-3-7-16/h4-5,8-13,16H,2-3,6-7,14H2,1H3. The van der Waals surface area contributed by atoms with Gasteiger partial charge in [0, 0.05) is 5.69 Å². The molecule has 2 heterocycles. The summed E-state index contributed by atoms with van der Waals surface area (Å²) in [6, 6.07) is 16.7. The molecule has 8 heteroatoms. The number of methoxy groups -OCH3 is 1. The van der Waals surface area contributed by atoms with Gasteiger partial charge in [-0.3, -0.25) is 4.57 Å². The number of benzene rings is 2. The number of para-hydroxylation sites is 2. The van der Waals surface area contributed by atoms with Crippen molar-refractivity contribution in [2.75, 3.05) is 7.11 Å². The van der Waals surface area contributed by atoms with Gasteiger partial charge in [-0.05, 0) is 59.7 Å². The zero-order valence-corrected chi connectivity index (χ0v) is 17.0. The van der Waals surface area contributed by atoms with Crippen LogP contribution >= 0.6 is 11.8 Å². The summed E-state index contributed by atoms with van der Waals surface area (Å²) in [4.78, 5) is 4.89. The van der Waals surface area contributed by atoms with Crippen molar-refractivity contribution < 1.29 is 4.74 Å². The summed E-state index contributed by atoms with van der Waals surface area (Å²) in [6.07, 6.45) is 4.82. The number of fused-ring (bicyclic) bond motifs is 1. The topological polar surface area (TPSA) is 70.7 Å². The number of hydrogen-bond donors (Lipinski definition) is 0. The van der Waals surface area contributed by atoms with E-state index in [1.165, 1.54) is 12.8 Å². The molecule has 1 fully saturated rings. The summed E-state index contributed by atoms with van der Waals surface area (Å²) in [5, 5.41) is 13.3. The number of rotatable bonds is 6. The Labute approximate surface area is 173 Å². The van der Waals surface area contributed by atoms with Crippen molar-refractivity contribution in [1.29, 1.82) is 0 Å². The molecule has 148 valence electrons. The van der Waals surface area contributed by atoms with Crippen LogP contribution in [0.5, 0.6) is 5.75 Å². The van der Waals surface area contributed by atoms with Gasteiger partial charge in [0.25, 0.3) is 0 Å².